The summed E-state index contributed by atoms with van der Waals surface area (Å²) in [4.78, 5) is 6.43. The normalized spacial score (nSPS) is 20.2. The summed E-state index contributed by atoms with van der Waals surface area (Å²) in [6.45, 7) is 5.19. The molecule has 1 unspecified atom stereocenters. The number of fused-ring (bicyclic) bond motifs is 1. The number of thiazole rings is 1. The maximum absolute atomic E-state index is 5.65. The van der Waals surface area contributed by atoms with Gasteiger partial charge >= 0.3 is 0 Å². The number of nitrogens with one attached hydrogen (secondary N) is 1. The molecular weight excluding hydrogens is 362 g/mol. The quantitative estimate of drug-likeness (QED) is 0.497. The fourth-order valence-corrected chi connectivity index (χ4v) is 5.21. The van der Waals surface area contributed by atoms with Gasteiger partial charge in [0.15, 0.2) is 11.7 Å². The second-order valence-corrected chi connectivity index (χ2v) is 8.52. The van der Waals surface area contributed by atoms with E-state index in [9.17, 15) is 0 Å². The van der Waals surface area contributed by atoms with Gasteiger partial charge in [-0.25, -0.2) is 4.98 Å². The lowest BCUT2D eigenvalue weighted by Gasteiger charge is -2.19. The molecular formula is C19H26N5S2+. The Bertz CT molecular complexity index is 892. The largest absolute Gasteiger partial charge is 0.308 e. The number of quaternary nitrogens is 1. The molecule has 0 saturated carbocycles. The van der Waals surface area contributed by atoms with Gasteiger partial charge in [0.05, 0.1) is 16.8 Å². The lowest BCUT2D eigenvalue weighted by atomic mass is 10.2. The van der Waals surface area contributed by atoms with Crippen LogP contribution in [0.1, 0.15) is 50.1 Å². The second kappa shape index (κ2) is 7.98. The van der Waals surface area contributed by atoms with E-state index in [1.54, 1.807) is 0 Å². The number of hydrogen-bond acceptors (Lipinski definition) is 4. The van der Waals surface area contributed by atoms with Gasteiger partial charge in [0.2, 0.25) is 4.77 Å². The molecule has 0 radical (unpaired) electrons. The first-order chi connectivity index (χ1) is 12.8. The molecule has 4 rings (SSSR count). The van der Waals surface area contributed by atoms with Crippen LogP contribution in [0.3, 0.4) is 0 Å². The highest BCUT2D eigenvalue weighted by Gasteiger charge is 2.33. The standard InChI is InChI=1S/C19H25N5S2/c1-2-3-6-11-22-13-20-24(19(22)25)14-23-12-7-9-16(23)18-21-15-8-4-5-10-17(15)26-18/h4-5,8,10,13,16H,2-3,6-7,9,11-12,14H2,1H3/p+1/t16-/m0/s1. The Balaban J connectivity index is 1.50. The molecule has 0 amide bonds. The molecule has 3 aromatic rings. The Morgan fingerprint density at radius 3 is 3.04 bits per heavy atom. The van der Waals surface area contributed by atoms with Crippen molar-refractivity contribution in [1.82, 2.24) is 19.3 Å². The summed E-state index contributed by atoms with van der Waals surface area (Å²) in [5.74, 6) is 0. The Morgan fingerprint density at radius 2 is 2.19 bits per heavy atom. The van der Waals surface area contributed by atoms with Crippen LogP contribution in [-0.4, -0.2) is 25.9 Å². The number of likely N-dealkylation sites (tertiary alicyclic amines) is 1. The van der Waals surface area contributed by atoms with Crippen molar-refractivity contribution in [2.45, 2.75) is 58.3 Å². The van der Waals surface area contributed by atoms with Crippen LogP contribution >= 0.6 is 23.6 Å². The number of para-hydroxylation sites is 1. The third kappa shape index (κ3) is 3.61. The number of nitrogens with zero attached hydrogens (tertiary/aromatic N) is 4. The fraction of sp³-hybridized carbons (Fsp3) is 0.526. The first-order valence-corrected chi connectivity index (χ1v) is 10.8. The van der Waals surface area contributed by atoms with Crippen LogP contribution in [0, 0.1) is 4.77 Å². The highest BCUT2D eigenvalue weighted by molar-refractivity contribution is 7.71. The van der Waals surface area contributed by atoms with E-state index in [1.165, 1.54) is 46.7 Å². The second-order valence-electron chi connectivity index (χ2n) is 7.09. The highest BCUT2D eigenvalue weighted by atomic mass is 32.1. The summed E-state index contributed by atoms with van der Waals surface area (Å²) >= 11 is 7.49. The van der Waals surface area contributed by atoms with Gasteiger partial charge in [-0.15, -0.1) is 11.3 Å². The molecule has 1 aromatic carbocycles. The Morgan fingerprint density at radius 1 is 1.31 bits per heavy atom. The van der Waals surface area contributed by atoms with E-state index < -0.39 is 0 Å². The Kier molecular flexibility index (Phi) is 5.47. The average molecular weight is 389 g/mol. The van der Waals surface area contributed by atoms with Crippen molar-refractivity contribution >= 4 is 33.8 Å². The molecule has 1 N–H and O–H groups in total. The van der Waals surface area contributed by atoms with Crippen molar-refractivity contribution in [3.8, 4) is 0 Å². The van der Waals surface area contributed by atoms with Gasteiger partial charge in [-0.3, -0.25) is 0 Å². The summed E-state index contributed by atoms with van der Waals surface area (Å²) in [7, 11) is 0. The number of aromatic nitrogens is 4. The summed E-state index contributed by atoms with van der Waals surface area (Å²) < 4.78 is 6.25. The van der Waals surface area contributed by atoms with Crippen molar-refractivity contribution in [2.75, 3.05) is 6.54 Å². The van der Waals surface area contributed by atoms with Crippen molar-refractivity contribution in [2.24, 2.45) is 0 Å². The van der Waals surface area contributed by atoms with Gasteiger partial charge in [-0.05, 0) is 30.8 Å². The minimum Gasteiger partial charge on any atom is -0.308 e. The number of rotatable bonds is 7. The molecule has 26 heavy (non-hydrogen) atoms. The van der Waals surface area contributed by atoms with Crippen molar-refractivity contribution < 1.29 is 4.90 Å². The maximum Gasteiger partial charge on any atom is 0.202 e. The van der Waals surface area contributed by atoms with Crippen LogP contribution < -0.4 is 4.90 Å². The van der Waals surface area contributed by atoms with Gasteiger partial charge in [-0.1, -0.05) is 31.9 Å². The average Bonchev–Trinajstić information content (AvgIpc) is 3.35. The molecule has 3 heterocycles. The van der Waals surface area contributed by atoms with E-state index in [0.29, 0.717) is 6.04 Å². The molecule has 0 aliphatic carbocycles. The van der Waals surface area contributed by atoms with Crippen molar-refractivity contribution in [3.63, 3.8) is 0 Å². The van der Waals surface area contributed by atoms with Gasteiger partial charge in [0.25, 0.3) is 0 Å². The van der Waals surface area contributed by atoms with E-state index in [4.69, 9.17) is 17.2 Å². The molecule has 2 atom stereocenters. The first-order valence-electron chi connectivity index (χ1n) is 9.58. The molecule has 0 bridgehead atoms. The molecule has 1 aliphatic rings. The van der Waals surface area contributed by atoms with E-state index in [-0.39, 0.29) is 0 Å². The lowest BCUT2D eigenvalue weighted by molar-refractivity contribution is -0.941. The molecule has 1 fully saturated rings. The van der Waals surface area contributed by atoms with Crippen LogP contribution in [0.2, 0.25) is 0 Å². The number of aryl methyl sites for hydroxylation is 1. The smallest absolute Gasteiger partial charge is 0.202 e. The molecule has 7 heteroatoms. The third-order valence-electron chi connectivity index (χ3n) is 5.24. The molecule has 1 saturated heterocycles. The lowest BCUT2D eigenvalue weighted by Crippen LogP contribution is -3.09. The molecule has 0 spiro atoms. The van der Waals surface area contributed by atoms with Gasteiger partial charge in [0, 0.05) is 19.4 Å². The zero-order chi connectivity index (χ0) is 17.9. The summed E-state index contributed by atoms with van der Waals surface area (Å²) in [6, 6.07) is 8.89. The number of benzene rings is 1. The van der Waals surface area contributed by atoms with E-state index >= 15 is 0 Å². The molecule has 2 aromatic heterocycles. The van der Waals surface area contributed by atoms with Crippen LogP contribution in [0.5, 0.6) is 0 Å². The first kappa shape index (κ1) is 17.8. The van der Waals surface area contributed by atoms with Crippen LogP contribution in [0.4, 0.5) is 0 Å². The Labute approximate surface area is 163 Å². The van der Waals surface area contributed by atoms with E-state index in [2.05, 4.69) is 40.9 Å². The monoisotopic (exact) mass is 388 g/mol. The predicted molar refractivity (Wildman–Crippen MR) is 108 cm³/mol. The van der Waals surface area contributed by atoms with Gasteiger partial charge in [0.1, 0.15) is 12.4 Å². The molecule has 138 valence electrons. The maximum atomic E-state index is 5.65. The zero-order valence-electron chi connectivity index (χ0n) is 15.2. The van der Waals surface area contributed by atoms with E-state index in [0.717, 1.165) is 30.0 Å². The summed E-state index contributed by atoms with van der Waals surface area (Å²) in [5, 5.41) is 5.82. The minimum atomic E-state index is 0.458. The third-order valence-corrected chi connectivity index (χ3v) is 6.84. The molecule has 5 nitrogen and oxygen atoms in total. The van der Waals surface area contributed by atoms with Crippen LogP contribution in [-0.2, 0) is 13.2 Å². The van der Waals surface area contributed by atoms with Gasteiger partial charge < -0.3 is 9.47 Å². The van der Waals surface area contributed by atoms with E-state index in [1.807, 2.05) is 22.3 Å². The zero-order valence-corrected chi connectivity index (χ0v) is 16.9. The topological polar surface area (TPSA) is 40.1 Å². The highest BCUT2D eigenvalue weighted by Crippen LogP contribution is 2.28. The van der Waals surface area contributed by atoms with Crippen molar-refractivity contribution in [3.05, 3.63) is 40.4 Å². The Hall–Kier alpha value is -1.57. The minimum absolute atomic E-state index is 0.458. The summed E-state index contributed by atoms with van der Waals surface area (Å²) in [6.07, 6.45) is 7.97. The summed E-state index contributed by atoms with van der Waals surface area (Å²) in [5.41, 5.74) is 1.12. The fourth-order valence-electron chi connectivity index (χ4n) is 3.80. The number of hydrogen-bond donors (Lipinski definition) is 1. The van der Waals surface area contributed by atoms with Crippen molar-refractivity contribution in [1.29, 1.82) is 0 Å². The SMILES string of the molecule is CCCCCn1cnn(C[NH+]2CCC[C@H]2c2nc3ccccc3s2)c1=S. The van der Waals surface area contributed by atoms with Crippen LogP contribution in [0.15, 0.2) is 30.6 Å². The predicted octanol–water partition coefficient (Wildman–Crippen LogP) is 3.59. The van der Waals surface area contributed by atoms with Crippen LogP contribution in [0.25, 0.3) is 10.2 Å². The molecule has 1 aliphatic heterocycles. The number of unbranched alkanes of at least 4 members (excludes halogenated alkanes) is 2. The van der Waals surface area contributed by atoms with Gasteiger partial charge in [-0.2, -0.15) is 9.78 Å².